The van der Waals surface area contributed by atoms with Gasteiger partial charge in [0.2, 0.25) is 0 Å². The number of rotatable bonds is 0. The fourth-order valence-corrected chi connectivity index (χ4v) is 4.36. The van der Waals surface area contributed by atoms with Gasteiger partial charge in [0.05, 0.1) is 11.7 Å². The van der Waals surface area contributed by atoms with E-state index < -0.39 is 53.3 Å². The first-order valence-corrected chi connectivity index (χ1v) is 8.44. The molecule has 1 saturated carbocycles. The van der Waals surface area contributed by atoms with E-state index in [0.717, 1.165) is 0 Å². The lowest BCUT2D eigenvalue weighted by molar-refractivity contribution is -0.576. The topological polar surface area (TPSA) is 97.6 Å². The van der Waals surface area contributed by atoms with Crippen molar-refractivity contribution in [2.24, 2.45) is 0 Å². The minimum Gasteiger partial charge on any atom is -0.390 e. The van der Waals surface area contributed by atoms with Crippen LogP contribution in [0.5, 0.6) is 0 Å². The summed E-state index contributed by atoms with van der Waals surface area (Å²) in [5.74, 6) is 4.08. The zero-order valence-electron chi connectivity index (χ0n) is 14.8. The number of ether oxygens (including phenoxy) is 4. The Morgan fingerprint density at radius 1 is 1.08 bits per heavy atom. The molecule has 7 nitrogen and oxygen atoms in total. The van der Waals surface area contributed by atoms with Crippen molar-refractivity contribution < 1.29 is 34.3 Å². The Hall–Kier alpha value is -0.980. The standard InChI is InChI=1S/C18H24O7/c1-9(2)6-7-17(21)12-11(20)18-8-10(19)15(3,4)22-14(18)13(17)24-16(5,23-12)25-18/h10-14,19-21H,1,8H2,2-5H3. The van der Waals surface area contributed by atoms with Crippen molar-refractivity contribution in [1.82, 2.24) is 0 Å². The highest BCUT2D eigenvalue weighted by atomic mass is 16.9. The molecule has 138 valence electrons. The van der Waals surface area contributed by atoms with Gasteiger partial charge in [-0.15, -0.1) is 0 Å². The minimum atomic E-state index is -1.78. The second kappa shape index (κ2) is 4.84. The van der Waals surface area contributed by atoms with E-state index in [1.165, 1.54) is 0 Å². The van der Waals surface area contributed by atoms with Crippen LogP contribution in [0.3, 0.4) is 0 Å². The number of hydrogen-bond acceptors (Lipinski definition) is 7. The smallest absolute Gasteiger partial charge is 0.281 e. The van der Waals surface area contributed by atoms with Gasteiger partial charge in [0.1, 0.15) is 30.0 Å². The van der Waals surface area contributed by atoms with Crippen LogP contribution in [0.25, 0.3) is 0 Å². The molecule has 5 fully saturated rings. The predicted molar refractivity (Wildman–Crippen MR) is 85.1 cm³/mol. The van der Waals surface area contributed by atoms with Gasteiger partial charge in [-0.25, -0.2) is 0 Å². The molecule has 4 aliphatic heterocycles. The summed E-state index contributed by atoms with van der Waals surface area (Å²) in [6.07, 6.45) is -4.70. The molecule has 0 radical (unpaired) electrons. The van der Waals surface area contributed by atoms with Crippen LogP contribution >= 0.6 is 0 Å². The summed E-state index contributed by atoms with van der Waals surface area (Å²) in [6.45, 7) is 10.5. The number of aliphatic hydroxyl groups excluding tert-OH is 2. The molecule has 0 aromatic carbocycles. The summed E-state index contributed by atoms with van der Waals surface area (Å²) < 4.78 is 23.6. The van der Waals surface area contributed by atoms with Crippen molar-refractivity contribution in [1.29, 1.82) is 0 Å². The van der Waals surface area contributed by atoms with E-state index in [2.05, 4.69) is 18.4 Å². The average Bonchev–Trinajstić information content (AvgIpc) is 2.49. The van der Waals surface area contributed by atoms with Gasteiger partial charge in [-0.3, -0.25) is 0 Å². The van der Waals surface area contributed by atoms with Crippen LogP contribution in [0.1, 0.15) is 34.1 Å². The first kappa shape index (κ1) is 17.4. The second-order valence-electron chi connectivity index (χ2n) is 8.16. The van der Waals surface area contributed by atoms with Crippen molar-refractivity contribution in [3.05, 3.63) is 12.2 Å². The van der Waals surface area contributed by atoms with Gasteiger partial charge in [-0.1, -0.05) is 18.4 Å². The number of hydrogen-bond donors (Lipinski definition) is 3. The van der Waals surface area contributed by atoms with E-state index in [1.54, 1.807) is 27.7 Å². The lowest BCUT2D eigenvalue weighted by atomic mass is 9.62. The SMILES string of the molecule is C=C(C)C#CC1(O)C2OC3(C)OC1C1OC(C)(C)C(O)CC1(O3)C2O. The van der Waals surface area contributed by atoms with E-state index in [0.29, 0.717) is 5.57 Å². The Bertz CT molecular complexity index is 693. The van der Waals surface area contributed by atoms with Gasteiger partial charge in [0.15, 0.2) is 5.60 Å². The minimum absolute atomic E-state index is 0.144. The molecule has 0 amide bonds. The Morgan fingerprint density at radius 3 is 2.36 bits per heavy atom. The third-order valence-electron chi connectivity index (χ3n) is 5.69. The summed E-state index contributed by atoms with van der Waals surface area (Å²) >= 11 is 0. The van der Waals surface area contributed by atoms with Crippen LogP contribution in [0, 0.1) is 11.8 Å². The molecule has 4 bridgehead atoms. The van der Waals surface area contributed by atoms with Crippen molar-refractivity contribution in [3.63, 3.8) is 0 Å². The molecule has 5 rings (SSSR count). The number of allylic oxidation sites excluding steroid dienone is 1. The van der Waals surface area contributed by atoms with Crippen LogP contribution in [-0.4, -0.2) is 68.6 Å². The molecule has 25 heavy (non-hydrogen) atoms. The van der Waals surface area contributed by atoms with E-state index >= 15 is 0 Å². The lowest BCUT2D eigenvalue weighted by Gasteiger charge is -2.70. The largest absolute Gasteiger partial charge is 0.390 e. The van der Waals surface area contributed by atoms with E-state index in [-0.39, 0.29) is 6.42 Å². The molecule has 8 atom stereocenters. The molecule has 1 spiro atoms. The first-order chi connectivity index (χ1) is 11.4. The molecule has 0 aromatic heterocycles. The molecule has 5 aliphatic rings. The van der Waals surface area contributed by atoms with Gasteiger partial charge in [0.25, 0.3) is 5.97 Å². The molecule has 7 heteroatoms. The molecule has 0 aromatic rings. The Labute approximate surface area is 146 Å². The highest BCUT2D eigenvalue weighted by Crippen LogP contribution is 2.59. The zero-order chi connectivity index (χ0) is 18.4. The molecular formula is C18H24O7. The summed E-state index contributed by atoms with van der Waals surface area (Å²) in [7, 11) is 0. The maximum Gasteiger partial charge on any atom is 0.281 e. The summed E-state index contributed by atoms with van der Waals surface area (Å²) in [4.78, 5) is 0. The normalized spacial score (nSPS) is 55.2. The summed E-state index contributed by atoms with van der Waals surface area (Å²) in [5, 5.41) is 32.7. The van der Waals surface area contributed by atoms with Crippen LogP contribution in [0.4, 0.5) is 0 Å². The first-order valence-electron chi connectivity index (χ1n) is 8.44. The lowest BCUT2D eigenvalue weighted by Crippen LogP contribution is -2.89. The Kier molecular flexibility index (Phi) is 3.38. The highest BCUT2D eigenvalue weighted by molar-refractivity contribution is 5.37. The van der Waals surface area contributed by atoms with Crippen molar-refractivity contribution >= 4 is 0 Å². The average molecular weight is 352 g/mol. The summed E-state index contributed by atoms with van der Waals surface area (Å²) in [6, 6.07) is 0. The quantitative estimate of drug-likeness (QED) is 0.521. The predicted octanol–water partition coefficient (Wildman–Crippen LogP) is -0.173. The zero-order valence-corrected chi connectivity index (χ0v) is 14.8. The molecule has 3 N–H and O–H groups in total. The van der Waals surface area contributed by atoms with Crippen LogP contribution in [-0.2, 0) is 18.9 Å². The highest BCUT2D eigenvalue weighted by Gasteiger charge is 2.79. The van der Waals surface area contributed by atoms with Gasteiger partial charge < -0.3 is 34.3 Å². The summed E-state index contributed by atoms with van der Waals surface area (Å²) in [5.41, 5.74) is -3.34. The maximum absolute atomic E-state index is 11.3. The molecular weight excluding hydrogens is 328 g/mol. The van der Waals surface area contributed by atoms with Crippen LogP contribution < -0.4 is 0 Å². The number of aliphatic hydroxyl groups is 3. The van der Waals surface area contributed by atoms with Gasteiger partial charge in [-0.05, 0) is 26.3 Å². The second-order valence-corrected chi connectivity index (χ2v) is 8.16. The Morgan fingerprint density at radius 2 is 1.72 bits per heavy atom. The monoisotopic (exact) mass is 352 g/mol. The van der Waals surface area contributed by atoms with E-state index in [1.807, 2.05) is 0 Å². The molecule has 1 aliphatic carbocycles. The van der Waals surface area contributed by atoms with Gasteiger partial charge >= 0.3 is 0 Å². The molecule has 4 saturated heterocycles. The maximum atomic E-state index is 11.3. The van der Waals surface area contributed by atoms with Gasteiger partial charge in [0, 0.05) is 13.3 Å². The van der Waals surface area contributed by atoms with E-state index in [4.69, 9.17) is 18.9 Å². The van der Waals surface area contributed by atoms with E-state index in [9.17, 15) is 15.3 Å². The van der Waals surface area contributed by atoms with Gasteiger partial charge in [-0.2, -0.15) is 0 Å². The third-order valence-corrected chi connectivity index (χ3v) is 5.69. The fraction of sp³-hybridized carbons (Fsp3) is 0.778. The molecule has 4 heterocycles. The third kappa shape index (κ3) is 2.14. The fourth-order valence-electron chi connectivity index (χ4n) is 4.36. The Balaban J connectivity index is 1.85. The molecule has 8 unspecified atom stereocenters. The van der Waals surface area contributed by atoms with Crippen LogP contribution in [0.2, 0.25) is 0 Å². The van der Waals surface area contributed by atoms with Crippen molar-refractivity contribution in [3.8, 4) is 11.8 Å². The van der Waals surface area contributed by atoms with Crippen LogP contribution in [0.15, 0.2) is 12.2 Å². The van der Waals surface area contributed by atoms with Crippen molar-refractivity contribution in [2.75, 3.05) is 0 Å². The van der Waals surface area contributed by atoms with Crippen molar-refractivity contribution in [2.45, 2.75) is 87.4 Å².